The average Bonchev–Trinajstić information content (AvgIpc) is 2.36. The van der Waals surface area contributed by atoms with E-state index < -0.39 is 11.7 Å². The monoisotopic (exact) mass is 323 g/mol. The fraction of sp³-hybridized carbons (Fsp3) is 0. The molecule has 0 unspecified atom stereocenters. The quantitative estimate of drug-likeness (QED) is 0.759. The highest BCUT2D eigenvalue weighted by Gasteiger charge is 2.08. The van der Waals surface area contributed by atoms with Crippen LogP contribution in [0.2, 0.25) is 0 Å². The van der Waals surface area contributed by atoms with Gasteiger partial charge in [0.05, 0.1) is 17.1 Å². The van der Waals surface area contributed by atoms with Crippen molar-refractivity contribution >= 4 is 38.9 Å². The predicted octanol–water partition coefficient (Wildman–Crippen LogP) is 3.01. The minimum atomic E-state index is -0.572. The molecule has 0 fully saturated rings. The van der Waals surface area contributed by atoms with Crippen molar-refractivity contribution in [2.45, 2.75) is 0 Å². The third-order valence-corrected chi connectivity index (χ3v) is 3.03. The van der Waals surface area contributed by atoms with Crippen LogP contribution in [0, 0.1) is 5.82 Å². The minimum absolute atomic E-state index is 0.252. The number of nitrogen functional groups attached to an aromatic ring is 1. The van der Waals surface area contributed by atoms with Crippen LogP contribution in [0.1, 0.15) is 10.4 Å². The number of amides is 1. The summed E-state index contributed by atoms with van der Waals surface area (Å²) < 4.78 is 14.4. The van der Waals surface area contributed by atoms with Crippen molar-refractivity contribution in [2.24, 2.45) is 5.73 Å². The zero-order valence-corrected chi connectivity index (χ0v) is 11.4. The smallest absolute Gasteiger partial charge is 0.248 e. The molecular weight excluding hydrogens is 313 g/mol. The summed E-state index contributed by atoms with van der Waals surface area (Å²) in [5, 5.41) is 2.84. The molecule has 0 saturated heterocycles. The summed E-state index contributed by atoms with van der Waals surface area (Å²) in [6.45, 7) is 0. The highest BCUT2D eigenvalue weighted by molar-refractivity contribution is 9.10. The minimum Gasteiger partial charge on any atom is -0.397 e. The Kier molecular flexibility index (Phi) is 3.71. The van der Waals surface area contributed by atoms with Gasteiger partial charge in [-0.3, -0.25) is 4.79 Å². The maximum atomic E-state index is 13.6. The van der Waals surface area contributed by atoms with Crippen molar-refractivity contribution in [1.29, 1.82) is 0 Å². The molecule has 2 aromatic carbocycles. The molecule has 0 radical (unpaired) electrons. The van der Waals surface area contributed by atoms with Crippen LogP contribution >= 0.6 is 15.9 Å². The Hall–Kier alpha value is -2.08. The number of nitrogens with two attached hydrogens (primary N) is 2. The van der Waals surface area contributed by atoms with E-state index in [2.05, 4.69) is 21.2 Å². The van der Waals surface area contributed by atoms with Gasteiger partial charge in [0.2, 0.25) is 5.91 Å². The molecule has 0 spiro atoms. The van der Waals surface area contributed by atoms with Crippen molar-refractivity contribution in [3.05, 3.63) is 52.3 Å². The molecule has 6 heteroatoms. The molecule has 0 aliphatic rings. The first kappa shape index (κ1) is 13.4. The Balaban J connectivity index is 2.40. The maximum absolute atomic E-state index is 13.6. The van der Waals surface area contributed by atoms with Gasteiger partial charge in [-0.2, -0.15) is 0 Å². The Morgan fingerprint density at radius 1 is 1.16 bits per heavy atom. The van der Waals surface area contributed by atoms with E-state index in [-0.39, 0.29) is 5.69 Å². The standard InChI is InChI=1S/C13H11BrFN3O/c14-8-2-3-9(15)11(6-8)18-12-5-7(13(17)19)1-4-10(12)16/h1-6,18H,16H2,(H2,17,19). The van der Waals surface area contributed by atoms with Gasteiger partial charge < -0.3 is 16.8 Å². The molecule has 5 N–H and O–H groups in total. The number of nitrogens with one attached hydrogen (secondary N) is 1. The lowest BCUT2D eigenvalue weighted by Crippen LogP contribution is -2.11. The van der Waals surface area contributed by atoms with Gasteiger partial charge >= 0.3 is 0 Å². The second-order valence-electron chi connectivity index (χ2n) is 3.92. The van der Waals surface area contributed by atoms with E-state index >= 15 is 0 Å². The fourth-order valence-corrected chi connectivity index (χ4v) is 1.92. The predicted molar refractivity (Wildman–Crippen MR) is 76.8 cm³/mol. The van der Waals surface area contributed by atoms with E-state index in [1.54, 1.807) is 12.1 Å². The lowest BCUT2D eigenvalue weighted by molar-refractivity contribution is 0.100. The number of hydrogen-bond acceptors (Lipinski definition) is 3. The Bertz CT molecular complexity index is 646. The Morgan fingerprint density at radius 2 is 1.89 bits per heavy atom. The highest BCUT2D eigenvalue weighted by Crippen LogP contribution is 2.27. The highest BCUT2D eigenvalue weighted by atomic mass is 79.9. The van der Waals surface area contributed by atoms with Crippen LogP contribution in [-0.2, 0) is 0 Å². The molecule has 0 bridgehead atoms. The lowest BCUT2D eigenvalue weighted by Gasteiger charge is -2.11. The molecule has 0 saturated carbocycles. The van der Waals surface area contributed by atoms with Crippen LogP contribution in [0.25, 0.3) is 0 Å². The molecule has 2 rings (SSSR count). The summed E-state index contributed by atoms with van der Waals surface area (Å²) in [5.41, 5.74) is 12.3. The SMILES string of the molecule is NC(=O)c1ccc(N)c(Nc2cc(Br)ccc2F)c1. The second kappa shape index (κ2) is 5.27. The van der Waals surface area contributed by atoms with Crippen molar-refractivity contribution in [1.82, 2.24) is 0 Å². The first-order chi connectivity index (χ1) is 8.97. The van der Waals surface area contributed by atoms with Gasteiger partial charge in [0.1, 0.15) is 5.82 Å². The number of benzene rings is 2. The van der Waals surface area contributed by atoms with Crippen LogP contribution in [0.5, 0.6) is 0 Å². The van der Waals surface area contributed by atoms with Crippen LogP contribution in [0.4, 0.5) is 21.5 Å². The molecule has 0 aromatic heterocycles. The van der Waals surface area contributed by atoms with Crippen molar-refractivity contribution in [2.75, 3.05) is 11.1 Å². The van der Waals surface area contributed by atoms with Crippen LogP contribution in [-0.4, -0.2) is 5.91 Å². The second-order valence-corrected chi connectivity index (χ2v) is 4.83. The fourth-order valence-electron chi connectivity index (χ4n) is 1.56. The van der Waals surface area contributed by atoms with E-state index in [1.165, 1.54) is 24.3 Å². The van der Waals surface area contributed by atoms with E-state index in [9.17, 15) is 9.18 Å². The molecule has 98 valence electrons. The molecule has 0 atom stereocenters. The first-order valence-electron chi connectivity index (χ1n) is 5.39. The number of rotatable bonds is 3. The van der Waals surface area contributed by atoms with E-state index in [1.807, 2.05) is 0 Å². The summed E-state index contributed by atoms with van der Waals surface area (Å²) in [4.78, 5) is 11.1. The number of hydrogen-bond donors (Lipinski definition) is 3. The number of halogens is 2. The summed E-state index contributed by atoms with van der Waals surface area (Å²) >= 11 is 3.25. The van der Waals surface area contributed by atoms with Crippen LogP contribution in [0.15, 0.2) is 40.9 Å². The molecule has 0 aliphatic heterocycles. The molecule has 1 amide bonds. The summed E-state index contributed by atoms with van der Waals surface area (Å²) in [5.74, 6) is -0.996. The maximum Gasteiger partial charge on any atom is 0.248 e. The van der Waals surface area contributed by atoms with Crippen molar-refractivity contribution < 1.29 is 9.18 Å². The third kappa shape index (κ3) is 3.03. The van der Waals surface area contributed by atoms with Gasteiger partial charge in [0.15, 0.2) is 0 Å². The average molecular weight is 324 g/mol. The van der Waals surface area contributed by atoms with Crippen LogP contribution < -0.4 is 16.8 Å². The third-order valence-electron chi connectivity index (χ3n) is 2.54. The normalized spacial score (nSPS) is 10.2. The molecular formula is C13H11BrFN3O. The van der Waals surface area contributed by atoms with Gasteiger partial charge in [0, 0.05) is 10.0 Å². The van der Waals surface area contributed by atoms with Gasteiger partial charge in [-0.25, -0.2) is 4.39 Å². The largest absolute Gasteiger partial charge is 0.397 e. The van der Waals surface area contributed by atoms with Crippen molar-refractivity contribution in [3.8, 4) is 0 Å². The Morgan fingerprint density at radius 3 is 2.58 bits per heavy atom. The zero-order valence-electron chi connectivity index (χ0n) is 9.78. The number of primary amides is 1. The van der Waals surface area contributed by atoms with Gasteiger partial charge in [0.25, 0.3) is 0 Å². The molecule has 19 heavy (non-hydrogen) atoms. The number of carbonyl (C=O) groups is 1. The van der Waals surface area contributed by atoms with Crippen LogP contribution in [0.3, 0.4) is 0 Å². The van der Waals surface area contributed by atoms with E-state index in [4.69, 9.17) is 11.5 Å². The molecule has 4 nitrogen and oxygen atoms in total. The van der Waals surface area contributed by atoms with Crippen molar-refractivity contribution in [3.63, 3.8) is 0 Å². The molecule has 2 aromatic rings. The lowest BCUT2D eigenvalue weighted by atomic mass is 10.1. The molecule has 0 aliphatic carbocycles. The Labute approximate surface area is 117 Å². The van der Waals surface area contributed by atoms with Gasteiger partial charge in [-0.15, -0.1) is 0 Å². The van der Waals surface area contributed by atoms with E-state index in [0.29, 0.717) is 16.9 Å². The van der Waals surface area contributed by atoms with Gasteiger partial charge in [-0.1, -0.05) is 15.9 Å². The topological polar surface area (TPSA) is 81.1 Å². The molecule has 0 heterocycles. The number of carbonyl (C=O) groups excluding carboxylic acids is 1. The zero-order chi connectivity index (χ0) is 14.0. The summed E-state index contributed by atoms with van der Waals surface area (Å²) in [7, 11) is 0. The van der Waals surface area contributed by atoms with Gasteiger partial charge in [-0.05, 0) is 36.4 Å². The first-order valence-corrected chi connectivity index (χ1v) is 6.18. The van der Waals surface area contributed by atoms with E-state index in [0.717, 1.165) is 4.47 Å². The summed E-state index contributed by atoms with van der Waals surface area (Å²) in [6, 6.07) is 9.02. The number of anilines is 3. The summed E-state index contributed by atoms with van der Waals surface area (Å²) in [6.07, 6.45) is 0.